The summed E-state index contributed by atoms with van der Waals surface area (Å²) in [6, 6.07) is 57.7. The molecule has 0 bridgehead atoms. The van der Waals surface area contributed by atoms with Crippen LogP contribution in [0.2, 0.25) is 0 Å². The first-order valence-corrected chi connectivity index (χ1v) is 14.6. The predicted molar refractivity (Wildman–Crippen MR) is 175 cm³/mol. The molecule has 196 valence electrons. The van der Waals surface area contributed by atoms with Crippen LogP contribution in [0.3, 0.4) is 0 Å². The van der Waals surface area contributed by atoms with Crippen molar-refractivity contribution in [2.45, 2.75) is 5.41 Å². The summed E-state index contributed by atoms with van der Waals surface area (Å²) in [5.41, 5.74) is 15.1. The number of benzene rings is 7. The van der Waals surface area contributed by atoms with E-state index in [1.165, 1.54) is 66.4 Å². The van der Waals surface area contributed by atoms with Gasteiger partial charge in [0.25, 0.3) is 0 Å². The molecule has 2 aliphatic rings. The highest BCUT2D eigenvalue weighted by atomic mass is 14.9. The Labute approximate surface area is 245 Å². The van der Waals surface area contributed by atoms with Crippen LogP contribution < -0.4 is 5.32 Å². The summed E-state index contributed by atoms with van der Waals surface area (Å²) in [5.74, 6) is 0. The van der Waals surface area contributed by atoms with Crippen molar-refractivity contribution < 1.29 is 0 Å². The molecule has 0 heterocycles. The topological polar surface area (TPSA) is 12.0 Å². The van der Waals surface area contributed by atoms with Crippen molar-refractivity contribution in [3.8, 4) is 33.4 Å². The number of rotatable bonds is 3. The molecule has 0 saturated heterocycles. The Bertz CT molecular complexity index is 2170. The molecule has 2 aliphatic carbocycles. The number of fused-ring (bicyclic) bond motifs is 12. The lowest BCUT2D eigenvalue weighted by Crippen LogP contribution is -2.25. The third-order valence-corrected chi connectivity index (χ3v) is 9.24. The van der Waals surface area contributed by atoms with Gasteiger partial charge >= 0.3 is 0 Å². The second-order valence-electron chi connectivity index (χ2n) is 11.4. The summed E-state index contributed by atoms with van der Waals surface area (Å²) in [4.78, 5) is 0. The van der Waals surface area contributed by atoms with Gasteiger partial charge in [0, 0.05) is 11.4 Å². The zero-order valence-electron chi connectivity index (χ0n) is 23.0. The van der Waals surface area contributed by atoms with E-state index in [2.05, 4.69) is 163 Å². The summed E-state index contributed by atoms with van der Waals surface area (Å²) in [6.45, 7) is 0. The van der Waals surface area contributed by atoms with Gasteiger partial charge in [-0.1, -0.05) is 133 Å². The molecule has 0 aliphatic heterocycles. The average Bonchev–Trinajstić information content (AvgIpc) is 3.52. The van der Waals surface area contributed by atoms with Crippen molar-refractivity contribution in [2.75, 3.05) is 5.32 Å². The lowest BCUT2D eigenvalue weighted by molar-refractivity contribution is 0.794. The van der Waals surface area contributed by atoms with Crippen LogP contribution in [-0.4, -0.2) is 0 Å². The van der Waals surface area contributed by atoms with Gasteiger partial charge in [-0.2, -0.15) is 0 Å². The molecule has 7 aromatic carbocycles. The Hall–Kier alpha value is -5.40. The summed E-state index contributed by atoms with van der Waals surface area (Å²) < 4.78 is 0. The number of nitrogens with one attached hydrogen (secondary N) is 1. The molecule has 1 nitrogen and oxygen atoms in total. The Morgan fingerprint density at radius 3 is 1.90 bits per heavy atom. The standard InChI is InChI=1S/C41H27N/c1-2-11-27(12-3-1)29-14-10-15-30(25-29)42-31-22-24-38-35(26-31)33-17-6-8-19-36(33)41(38)37-20-9-7-18-34(37)40-32-16-5-4-13-28(32)21-23-39(40)41/h1-26,42H. The maximum absolute atomic E-state index is 3.72. The molecule has 1 N–H and O–H groups in total. The number of anilines is 2. The predicted octanol–water partition coefficient (Wildman–Crippen LogP) is 10.6. The van der Waals surface area contributed by atoms with E-state index in [1.54, 1.807) is 0 Å². The highest BCUT2D eigenvalue weighted by Gasteiger charge is 2.51. The SMILES string of the molecule is c1ccc(-c2cccc(Nc3ccc4c(c3)-c3ccccc3C43c4ccccc4-c4c3ccc3ccccc43)c2)cc1. The molecule has 1 heteroatoms. The van der Waals surface area contributed by atoms with Gasteiger partial charge in [0.1, 0.15) is 0 Å². The van der Waals surface area contributed by atoms with E-state index in [4.69, 9.17) is 0 Å². The van der Waals surface area contributed by atoms with Crippen molar-refractivity contribution in [1.29, 1.82) is 0 Å². The van der Waals surface area contributed by atoms with Crippen molar-refractivity contribution in [3.63, 3.8) is 0 Å². The lowest BCUT2D eigenvalue weighted by Gasteiger charge is -2.30. The molecular weight excluding hydrogens is 506 g/mol. The second kappa shape index (κ2) is 8.80. The third-order valence-electron chi connectivity index (χ3n) is 9.24. The van der Waals surface area contributed by atoms with Crippen LogP contribution in [0.4, 0.5) is 11.4 Å². The first-order chi connectivity index (χ1) is 20.8. The normalized spacial score (nSPS) is 15.7. The van der Waals surface area contributed by atoms with E-state index >= 15 is 0 Å². The van der Waals surface area contributed by atoms with Crippen LogP contribution in [-0.2, 0) is 5.41 Å². The summed E-state index contributed by atoms with van der Waals surface area (Å²) in [7, 11) is 0. The van der Waals surface area contributed by atoms with Gasteiger partial charge in [0.2, 0.25) is 0 Å². The van der Waals surface area contributed by atoms with E-state index in [0.29, 0.717) is 0 Å². The van der Waals surface area contributed by atoms with Crippen molar-refractivity contribution in [3.05, 3.63) is 180 Å². The smallest absolute Gasteiger partial charge is 0.0725 e. The van der Waals surface area contributed by atoms with Crippen LogP contribution in [0.15, 0.2) is 158 Å². The van der Waals surface area contributed by atoms with Gasteiger partial charge in [-0.3, -0.25) is 0 Å². The van der Waals surface area contributed by atoms with Crippen LogP contribution in [0, 0.1) is 0 Å². The average molecular weight is 534 g/mol. The maximum atomic E-state index is 3.72. The zero-order valence-corrected chi connectivity index (χ0v) is 23.0. The molecule has 0 amide bonds. The van der Waals surface area contributed by atoms with Crippen molar-refractivity contribution in [2.24, 2.45) is 0 Å². The Morgan fingerprint density at radius 1 is 0.381 bits per heavy atom. The molecule has 42 heavy (non-hydrogen) atoms. The fraction of sp³-hybridized carbons (Fsp3) is 0.0244. The molecule has 0 fully saturated rings. The molecule has 1 atom stereocenters. The lowest BCUT2D eigenvalue weighted by atomic mass is 9.70. The van der Waals surface area contributed by atoms with Gasteiger partial charge in [0.15, 0.2) is 0 Å². The van der Waals surface area contributed by atoms with Gasteiger partial charge in [0.05, 0.1) is 5.41 Å². The molecule has 0 aromatic heterocycles. The largest absolute Gasteiger partial charge is 0.355 e. The van der Waals surface area contributed by atoms with Gasteiger partial charge in [-0.25, -0.2) is 0 Å². The van der Waals surface area contributed by atoms with Crippen LogP contribution in [0.1, 0.15) is 22.3 Å². The van der Waals surface area contributed by atoms with Crippen molar-refractivity contribution in [1.82, 2.24) is 0 Å². The first kappa shape index (κ1) is 23.3. The maximum Gasteiger partial charge on any atom is 0.0725 e. The summed E-state index contributed by atoms with van der Waals surface area (Å²) in [6.07, 6.45) is 0. The zero-order chi connectivity index (χ0) is 27.7. The Balaban J connectivity index is 1.24. The summed E-state index contributed by atoms with van der Waals surface area (Å²) in [5, 5.41) is 6.32. The molecule has 9 rings (SSSR count). The highest BCUT2D eigenvalue weighted by molar-refractivity contribution is 6.06. The molecular formula is C41H27N. The second-order valence-corrected chi connectivity index (χ2v) is 11.4. The minimum atomic E-state index is -0.340. The third kappa shape index (κ3) is 3.14. The fourth-order valence-electron chi connectivity index (χ4n) is 7.56. The Kier molecular flexibility index (Phi) is 4.88. The number of hydrogen-bond acceptors (Lipinski definition) is 1. The van der Waals surface area contributed by atoms with Crippen LogP contribution in [0.5, 0.6) is 0 Å². The minimum absolute atomic E-state index is 0.340. The Morgan fingerprint density at radius 2 is 1.02 bits per heavy atom. The summed E-state index contributed by atoms with van der Waals surface area (Å²) >= 11 is 0. The van der Waals surface area contributed by atoms with Gasteiger partial charge in [-0.15, -0.1) is 0 Å². The van der Waals surface area contributed by atoms with E-state index in [-0.39, 0.29) is 5.41 Å². The monoisotopic (exact) mass is 533 g/mol. The quantitative estimate of drug-likeness (QED) is 0.238. The molecule has 0 radical (unpaired) electrons. The van der Waals surface area contributed by atoms with E-state index in [9.17, 15) is 0 Å². The van der Waals surface area contributed by atoms with E-state index < -0.39 is 0 Å². The van der Waals surface area contributed by atoms with Crippen LogP contribution in [0.25, 0.3) is 44.2 Å². The minimum Gasteiger partial charge on any atom is -0.355 e. The van der Waals surface area contributed by atoms with E-state index in [0.717, 1.165) is 11.4 Å². The molecule has 7 aromatic rings. The van der Waals surface area contributed by atoms with Crippen molar-refractivity contribution >= 4 is 22.1 Å². The fourth-order valence-corrected chi connectivity index (χ4v) is 7.56. The van der Waals surface area contributed by atoms with Gasteiger partial charge in [-0.05, 0) is 90.7 Å². The van der Waals surface area contributed by atoms with E-state index in [1.807, 2.05) is 0 Å². The van der Waals surface area contributed by atoms with Crippen LogP contribution >= 0.6 is 0 Å². The van der Waals surface area contributed by atoms with Gasteiger partial charge < -0.3 is 5.32 Å². The first-order valence-electron chi connectivity index (χ1n) is 14.6. The highest BCUT2D eigenvalue weighted by Crippen LogP contribution is 2.63. The molecule has 1 spiro atoms. The molecule has 0 saturated carbocycles. The molecule has 1 unspecified atom stereocenters. The number of hydrogen-bond donors (Lipinski definition) is 1.